The smallest absolute Gasteiger partial charge is 0.422 e. The van der Waals surface area contributed by atoms with E-state index in [2.05, 4.69) is 4.98 Å². The molecular formula is C5H5BCl2NO3-. The summed E-state index contributed by atoms with van der Waals surface area (Å²) in [4.78, 5) is 3.46. The highest BCUT2D eigenvalue weighted by Gasteiger charge is 2.23. The van der Waals surface area contributed by atoms with Gasteiger partial charge in [0.2, 0.25) is 0 Å². The van der Waals surface area contributed by atoms with Crippen molar-refractivity contribution in [3.63, 3.8) is 0 Å². The van der Waals surface area contributed by atoms with Crippen LogP contribution in [-0.4, -0.2) is 26.8 Å². The zero-order chi connectivity index (χ0) is 9.35. The van der Waals surface area contributed by atoms with Crippen molar-refractivity contribution in [3.05, 3.63) is 22.3 Å². The van der Waals surface area contributed by atoms with Crippen molar-refractivity contribution in [2.24, 2.45) is 0 Å². The Bertz CT molecular complexity index is 301. The van der Waals surface area contributed by atoms with Crippen LogP contribution in [0.25, 0.3) is 0 Å². The molecule has 0 aliphatic heterocycles. The van der Waals surface area contributed by atoms with Crippen LogP contribution in [0, 0.1) is 0 Å². The molecule has 0 unspecified atom stereocenters. The zero-order valence-electron chi connectivity index (χ0n) is 5.78. The Balaban J connectivity index is 3.23. The first kappa shape index (κ1) is 9.76. The molecule has 0 fully saturated rings. The summed E-state index contributed by atoms with van der Waals surface area (Å²) in [5, 5.41) is 26.3. The number of halogens is 2. The third-order valence-electron chi connectivity index (χ3n) is 1.21. The fraction of sp³-hybridized carbons (Fsp3) is 0. The molecule has 0 bridgehead atoms. The second-order valence-corrected chi connectivity index (χ2v) is 3.03. The number of aromatic nitrogens is 1. The maximum absolute atomic E-state index is 8.76. The lowest BCUT2D eigenvalue weighted by molar-refractivity contribution is 0.248. The lowest BCUT2D eigenvalue weighted by Gasteiger charge is -2.21. The Morgan fingerprint density at radius 2 is 1.75 bits per heavy atom. The summed E-state index contributed by atoms with van der Waals surface area (Å²) in [5.74, 6) is 0. The lowest BCUT2D eigenvalue weighted by Crippen LogP contribution is -2.51. The van der Waals surface area contributed by atoms with Gasteiger partial charge in [0.1, 0.15) is 5.15 Å². The van der Waals surface area contributed by atoms with Crippen LogP contribution in [0.1, 0.15) is 0 Å². The highest BCUT2D eigenvalue weighted by atomic mass is 35.5. The van der Waals surface area contributed by atoms with E-state index in [4.69, 9.17) is 38.3 Å². The quantitative estimate of drug-likeness (QED) is 0.430. The average Bonchev–Trinajstić information content (AvgIpc) is 1.92. The Morgan fingerprint density at radius 3 is 2.17 bits per heavy atom. The maximum atomic E-state index is 8.76. The molecular weight excluding hydrogens is 204 g/mol. The number of pyridine rings is 1. The van der Waals surface area contributed by atoms with Gasteiger partial charge in [0, 0.05) is 5.02 Å². The van der Waals surface area contributed by atoms with E-state index in [1.54, 1.807) is 0 Å². The van der Waals surface area contributed by atoms with Crippen molar-refractivity contribution in [2.45, 2.75) is 0 Å². The first-order valence-corrected chi connectivity index (χ1v) is 3.81. The van der Waals surface area contributed by atoms with Gasteiger partial charge in [0.15, 0.2) is 0 Å². The first-order valence-electron chi connectivity index (χ1n) is 3.05. The predicted molar refractivity (Wildman–Crippen MR) is 46.3 cm³/mol. The molecule has 0 atom stereocenters. The normalized spacial score (nSPS) is 11.8. The van der Waals surface area contributed by atoms with Crippen molar-refractivity contribution in [1.82, 2.24) is 4.98 Å². The predicted octanol–water partition coefficient (Wildman–Crippen LogP) is -0.489. The minimum absolute atomic E-state index is 0.0257. The maximum Gasteiger partial charge on any atom is 0.422 e. The summed E-state index contributed by atoms with van der Waals surface area (Å²) in [5.41, 5.74) is -0.427. The molecule has 1 heterocycles. The van der Waals surface area contributed by atoms with Gasteiger partial charge in [-0.05, 0) is 17.7 Å². The molecule has 1 aromatic heterocycles. The number of hydrogen-bond acceptors (Lipinski definition) is 4. The summed E-state index contributed by atoms with van der Waals surface area (Å²) in [6.45, 7) is -3.68. The molecule has 12 heavy (non-hydrogen) atoms. The second kappa shape index (κ2) is 3.20. The standard InChI is InChI=1S/C5H5BCl2NO3/c7-3-1-2-4(8)9-5(3)6(10,11)12/h1-2,10-12H/q-1. The molecule has 0 spiro atoms. The van der Waals surface area contributed by atoms with E-state index in [1.807, 2.05) is 0 Å². The summed E-state index contributed by atoms with van der Waals surface area (Å²) >= 11 is 10.9. The molecule has 0 saturated heterocycles. The minimum Gasteiger partial charge on any atom is -0.555 e. The van der Waals surface area contributed by atoms with Crippen LogP contribution >= 0.6 is 23.2 Å². The Kier molecular flexibility index (Phi) is 2.60. The minimum atomic E-state index is -3.68. The molecule has 0 amide bonds. The highest BCUT2D eigenvalue weighted by molar-refractivity contribution is 6.73. The van der Waals surface area contributed by atoms with E-state index < -0.39 is 12.3 Å². The van der Waals surface area contributed by atoms with Crippen molar-refractivity contribution < 1.29 is 15.1 Å². The number of rotatable bonds is 1. The lowest BCUT2D eigenvalue weighted by atomic mass is 9.75. The molecule has 0 aromatic carbocycles. The van der Waals surface area contributed by atoms with Crippen molar-refractivity contribution in [2.75, 3.05) is 0 Å². The third-order valence-corrected chi connectivity index (χ3v) is 1.74. The van der Waals surface area contributed by atoms with Crippen molar-refractivity contribution in [3.8, 4) is 0 Å². The highest BCUT2D eigenvalue weighted by Crippen LogP contribution is 2.10. The Hall–Kier alpha value is -0.325. The zero-order valence-corrected chi connectivity index (χ0v) is 7.29. The molecule has 1 rings (SSSR count). The van der Waals surface area contributed by atoms with Crippen LogP contribution in [0.3, 0.4) is 0 Å². The van der Waals surface area contributed by atoms with Crippen molar-refractivity contribution >= 4 is 35.5 Å². The molecule has 3 N–H and O–H groups in total. The SMILES string of the molecule is O[B-](O)(O)c1nc(Cl)ccc1Cl. The van der Waals surface area contributed by atoms with E-state index in [-0.39, 0.29) is 10.2 Å². The summed E-state index contributed by atoms with van der Waals surface area (Å²) in [6, 6.07) is 2.68. The van der Waals surface area contributed by atoms with Gasteiger partial charge in [0.25, 0.3) is 0 Å². The Morgan fingerprint density at radius 1 is 1.17 bits per heavy atom. The van der Waals surface area contributed by atoms with Gasteiger partial charge >= 0.3 is 6.75 Å². The molecule has 7 heteroatoms. The monoisotopic (exact) mass is 208 g/mol. The summed E-state index contributed by atoms with van der Waals surface area (Å²) in [7, 11) is 0. The Labute approximate surface area is 78.4 Å². The van der Waals surface area contributed by atoms with Gasteiger partial charge in [0.05, 0.1) is 0 Å². The van der Waals surface area contributed by atoms with E-state index in [0.717, 1.165) is 0 Å². The molecule has 1 aromatic rings. The molecule has 66 valence electrons. The molecule has 0 aliphatic rings. The van der Waals surface area contributed by atoms with Gasteiger partial charge in [-0.15, -0.1) is 0 Å². The first-order chi connectivity index (χ1) is 5.41. The van der Waals surface area contributed by atoms with Gasteiger partial charge < -0.3 is 15.1 Å². The van der Waals surface area contributed by atoms with Crippen LogP contribution in [0.5, 0.6) is 0 Å². The van der Waals surface area contributed by atoms with Crippen LogP contribution in [0.4, 0.5) is 0 Å². The van der Waals surface area contributed by atoms with Gasteiger partial charge in [-0.25, -0.2) is 0 Å². The van der Waals surface area contributed by atoms with E-state index in [1.165, 1.54) is 12.1 Å². The third kappa shape index (κ3) is 2.09. The van der Waals surface area contributed by atoms with Gasteiger partial charge in [-0.3, -0.25) is 4.98 Å². The van der Waals surface area contributed by atoms with E-state index >= 15 is 0 Å². The van der Waals surface area contributed by atoms with Gasteiger partial charge in [-0.2, -0.15) is 0 Å². The van der Waals surface area contributed by atoms with Gasteiger partial charge in [-0.1, -0.05) is 23.2 Å². The number of hydrogen-bond donors (Lipinski definition) is 3. The van der Waals surface area contributed by atoms with Crippen molar-refractivity contribution in [1.29, 1.82) is 0 Å². The molecule has 0 radical (unpaired) electrons. The topological polar surface area (TPSA) is 73.6 Å². The van der Waals surface area contributed by atoms with E-state index in [9.17, 15) is 0 Å². The summed E-state index contributed by atoms with van der Waals surface area (Å²) < 4.78 is 0. The van der Waals surface area contributed by atoms with Crippen LogP contribution in [0.2, 0.25) is 10.2 Å². The summed E-state index contributed by atoms with van der Waals surface area (Å²) in [6.07, 6.45) is 0. The van der Waals surface area contributed by atoms with Crippen LogP contribution < -0.4 is 5.59 Å². The van der Waals surface area contributed by atoms with Crippen LogP contribution in [0.15, 0.2) is 12.1 Å². The second-order valence-electron chi connectivity index (χ2n) is 2.23. The average molecular weight is 209 g/mol. The van der Waals surface area contributed by atoms with Crippen LogP contribution in [-0.2, 0) is 0 Å². The molecule has 0 saturated carbocycles. The molecule has 4 nitrogen and oxygen atoms in total. The van der Waals surface area contributed by atoms with E-state index in [0.29, 0.717) is 0 Å². The largest absolute Gasteiger partial charge is 0.555 e. The number of nitrogens with zero attached hydrogens (tertiary/aromatic N) is 1. The fourth-order valence-electron chi connectivity index (χ4n) is 0.705. The fourth-order valence-corrected chi connectivity index (χ4v) is 1.11. The molecule has 0 aliphatic carbocycles.